The van der Waals surface area contributed by atoms with E-state index in [0.717, 1.165) is 34.4 Å². The maximum absolute atomic E-state index is 11.3. The van der Waals surface area contributed by atoms with Crippen molar-refractivity contribution in [2.75, 3.05) is 6.61 Å². The Kier molecular flexibility index (Phi) is 7.28. The van der Waals surface area contributed by atoms with Gasteiger partial charge in [-0.05, 0) is 56.4 Å². The van der Waals surface area contributed by atoms with Gasteiger partial charge in [-0.3, -0.25) is 0 Å². The lowest BCUT2D eigenvalue weighted by Crippen LogP contribution is -2.66. The van der Waals surface area contributed by atoms with Crippen LogP contribution in [0.2, 0.25) is 10.1 Å². The number of rotatable bonds is 7. The lowest BCUT2D eigenvalue weighted by Gasteiger charge is -2.43. The van der Waals surface area contributed by atoms with Gasteiger partial charge in [-0.15, -0.1) is 0 Å². The molecule has 0 fully saturated rings. The Labute approximate surface area is 225 Å². The molecule has 190 valence electrons. The maximum Gasteiger partial charge on any atom is 0.261 e. The topological polar surface area (TPSA) is 38.7 Å². The van der Waals surface area contributed by atoms with Gasteiger partial charge < -0.3 is 14.3 Å². The van der Waals surface area contributed by atoms with E-state index in [1.165, 1.54) is 10.4 Å². The molecule has 3 nitrogen and oxygen atoms in total. The number of hydrogen-bond donors (Lipinski definition) is 1. The van der Waals surface area contributed by atoms with E-state index in [4.69, 9.17) is 20.8 Å². The molecule has 1 aliphatic heterocycles. The summed E-state index contributed by atoms with van der Waals surface area (Å²) >= 11 is 6.23. The van der Waals surface area contributed by atoms with Crippen molar-refractivity contribution in [2.24, 2.45) is 0 Å². The molecule has 1 N–H and O–H groups in total. The van der Waals surface area contributed by atoms with Crippen LogP contribution >= 0.6 is 11.6 Å². The maximum atomic E-state index is 11.3. The molecule has 0 aromatic heterocycles. The van der Waals surface area contributed by atoms with Gasteiger partial charge >= 0.3 is 0 Å². The molecule has 0 saturated carbocycles. The normalized spacial score (nSPS) is 14.2. The van der Waals surface area contributed by atoms with Crippen LogP contribution in [0.25, 0.3) is 0 Å². The molecule has 1 atom stereocenters. The fraction of sp³-hybridized carbons (Fsp3) is 0.250. The zero-order chi connectivity index (χ0) is 26.0. The molecule has 0 amide bonds. The predicted octanol–water partition coefficient (Wildman–Crippen LogP) is 6.43. The third kappa shape index (κ3) is 4.99. The van der Waals surface area contributed by atoms with E-state index < -0.39 is 14.4 Å². The average molecular weight is 529 g/mol. The van der Waals surface area contributed by atoms with E-state index in [2.05, 4.69) is 87.5 Å². The number of fused-ring (bicyclic) bond motifs is 1. The molecule has 5 heteroatoms. The van der Waals surface area contributed by atoms with E-state index in [1.54, 1.807) is 6.07 Å². The Balaban J connectivity index is 1.57. The highest BCUT2D eigenvalue weighted by Gasteiger charge is 2.50. The Hall–Kier alpha value is -2.89. The molecule has 0 radical (unpaired) electrons. The molecule has 0 spiro atoms. The number of aliphatic hydroxyl groups excluding tert-OH is 1. The van der Waals surface area contributed by atoms with Crippen LogP contribution in [-0.2, 0) is 17.5 Å². The van der Waals surface area contributed by atoms with Crippen LogP contribution in [0.15, 0.2) is 97.1 Å². The van der Waals surface area contributed by atoms with Crippen molar-refractivity contribution in [3.63, 3.8) is 0 Å². The molecule has 4 aromatic rings. The molecule has 1 heterocycles. The van der Waals surface area contributed by atoms with E-state index in [1.807, 2.05) is 24.3 Å². The van der Waals surface area contributed by atoms with Crippen molar-refractivity contribution >= 4 is 30.3 Å². The minimum Gasteiger partial charge on any atom is -0.493 e. The largest absolute Gasteiger partial charge is 0.493 e. The molecule has 4 aromatic carbocycles. The zero-order valence-corrected chi connectivity index (χ0v) is 23.3. The summed E-state index contributed by atoms with van der Waals surface area (Å²) < 4.78 is 13.1. The fourth-order valence-corrected chi connectivity index (χ4v) is 10.2. The van der Waals surface area contributed by atoms with Crippen molar-refractivity contribution in [3.8, 4) is 5.75 Å². The minimum absolute atomic E-state index is 0.112. The number of hydrogen-bond acceptors (Lipinski definition) is 3. The van der Waals surface area contributed by atoms with Gasteiger partial charge in [0.1, 0.15) is 11.9 Å². The zero-order valence-electron chi connectivity index (χ0n) is 21.6. The Morgan fingerprint density at radius 3 is 2.14 bits per heavy atom. The van der Waals surface area contributed by atoms with Gasteiger partial charge in [0.2, 0.25) is 0 Å². The van der Waals surface area contributed by atoms with Crippen LogP contribution < -0.4 is 15.1 Å². The van der Waals surface area contributed by atoms with E-state index in [-0.39, 0.29) is 5.04 Å². The standard InChI is InChI=1S/C32H33ClO3Si/c1-32(2,3)37(27-13-6-4-7-14-27,28-15-8-5-9-16-28)36-22-23-19-25-17-18-35-31(25)29(20-23)30(34)24-11-10-12-26(33)21-24/h4-16,19-21,30,34H,17-18,22H2,1-3H3. The second-order valence-electron chi connectivity index (χ2n) is 10.7. The van der Waals surface area contributed by atoms with Crippen molar-refractivity contribution in [1.29, 1.82) is 0 Å². The van der Waals surface area contributed by atoms with Crippen LogP contribution in [0.1, 0.15) is 49.1 Å². The third-order valence-electron chi connectivity index (χ3n) is 7.20. The number of aliphatic hydroxyl groups is 1. The Morgan fingerprint density at radius 2 is 1.54 bits per heavy atom. The second kappa shape index (κ2) is 10.5. The summed E-state index contributed by atoms with van der Waals surface area (Å²) in [5.74, 6) is 0.779. The first-order valence-electron chi connectivity index (χ1n) is 12.8. The minimum atomic E-state index is -2.68. The quantitative estimate of drug-likeness (QED) is 0.281. The fourth-order valence-electron chi connectivity index (χ4n) is 5.50. The predicted molar refractivity (Wildman–Crippen MR) is 154 cm³/mol. The molecule has 5 rings (SSSR count). The van der Waals surface area contributed by atoms with Gasteiger partial charge in [0.05, 0.1) is 13.2 Å². The van der Waals surface area contributed by atoms with Crippen molar-refractivity contribution in [1.82, 2.24) is 0 Å². The molecule has 0 aliphatic carbocycles. The lowest BCUT2D eigenvalue weighted by molar-refractivity contribution is 0.213. The van der Waals surface area contributed by atoms with Crippen molar-refractivity contribution < 1.29 is 14.3 Å². The van der Waals surface area contributed by atoms with Crippen LogP contribution in [0.4, 0.5) is 0 Å². The molecular weight excluding hydrogens is 496 g/mol. The monoisotopic (exact) mass is 528 g/mol. The first-order valence-corrected chi connectivity index (χ1v) is 15.1. The molecule has 1 unspecified atom stereocenters. The van der Waals surface area contributed by atoms with Crippen molar-refractivity contribution in [3.05, 3.63) is 124 Å². The van der Waals surface area contributed by atoms with E-state index >= 15 is 0 Å². The summed E-state index contributed by atoms with van der Waals surface area (Å²) in [6.07, 6.45) is -0.0177. The smallest absolute Gasteiger partial charge is 0.261 e. The van der Waals surface area contributed by atoms with Gasteiger partial charge in [-0.25, -0.2) is 0 Å². The van der Waals surface area contributed by atoms with E-state index in [0.29, 0.717) is 18.2 Å². The highest BCUT2D eigenvalue weighted by molar-refractivity contribution is 6.99. The summed E-state index contributed by atoms with van der Waals surface area (Å²) in [7, 11) is -2.68. The summed E-state index contributed by atoms with van der Waals surface area (Å²) in [5, 5.41) is 14.3. The molecule has 1 aliphatic rings. The van der Waals surface area contributed by atoms with Crippen LogP contribution in [0.5, 0.6) is 5.75 Å². The summed E-state index contributed by atoms with van der Waals surface area (Å²) in [4.78, 5) is 0. The number of halogens is 1. The SMILES string of the molecule is CC(C)(C)[Si](OCc1cc2c(c(C(O)c3cccc(Cl)c3)c1)OCC2)(c1ccccc1)c1ccccc1. The summed E-state index contributed by atoms with van der Waals surface area (Å²) in [5.41, 5.74) is 3.65. The van der Waals surface area contributed by atoms with Gasteiger partial charge in [-0.2, -0.15) is 0 Å². The van der Waals surface area contributed by atoms with Gasteiger partial charge in [0, 0.05) is 17.0 Å². The average Bonchev–Trinajstić information content (AvgIpc) is 3.37. The van der Waals surface area contributed by atoms with Crippen LogP contribution in [-0.4, -0.2) is 20.0 Å². The molecule has 0 saturated heterocycles. The highest BCUT2D eigenvalue weighted by Crippen LogP contribution is 2.40. The summed E-state index contributed by atoms with van der Waals surface area (Å²) in [6.45, 7) is 7.90. The van der Waals surface area contributed by atoms with E-state index in [9.17, 15) is 5.11 Å². The lowest BCUT2D eigenvalue weighted by atomic mass is 9.96. The molecular formula is C32H33ClO3Si. The third-order valence-corrected chi connectivity index (χ3v) is 12.4. The van der Waals surface area contributed by atoms with Crippen LogP contribution in [0, 0.1) is 0 Å². The Morgan fingerprint density at radius 1 is 0.892 bits per heavy atom. The number of benzene rings is 4. The summed E-state index contributed by atoms with van der Waals surface area (Å²) in [6, 6.07) is 32.9. The van der Waals surface area contributed by atoms with Gasteiger partial charge in [-0.1, -0.05) is 105 Å². The van der Waals surface area contributed by atoms with Crippen molar-refractivity contribution in [2.45, 2.75) is 44.9 Å². The molecule has 0 bridgehead atoms. The number of ether oxygens (including phenoxy) is 1. The van der Waals surface area contributed by atoms with Gasteiger partial charge in [0.25, 0.3) is 8.32 Å². The van der Waals surface area contributed by atoms with Gasteiger partial charge in [0.15, 0.2) is 0 Å². The van der Waals surface area contributed by atoms with Crippen LogP contribution in [0.3, 0.4) is 0 Å². The molecule has 37 heavy (non-hydrogen) atoms. The highest BCUT2D eigenvalue weighted by atomic mass is 35.5. The Bertz CT molecular complexity index is 1330. The first-order chi connectivity index (χ1) is 17.8. The second-order valence-corrected chi connectivity index (χ2v) is 15.4. The first kappa shape index (κ1) is 25.7.